The molecule has 0 radical (unpaired) electrons. The van der Waals surface area contributed by atoms with Crippen molar-refractivity contribution in [2.45, 2.75) is 26.3 Å². The van der Waals surface area contributed by atoms with Crippen LogP contribution in [0.5, 0.6) is 5.75 Å². The monoisotopic (exact) mass is 446 g/mol. The normalized spacial score (nSPS) is 13.7. The van der Waals surface area contributed by atoms with Crippen LogP contribution >= 0.6 is 24.0 Å². The Kier molecular flexibility index (Phi) is 9.51. The smallest absolute Gasteiger partial charge is 0.242 e. The Hall–Kier alpha value is -1.51. The van der Waals surface area contributed by atoms with E-state index in [0.717, 1.165) is 30.3 Å². The number of benzene rings is 1. The van der Waals surface area contributed by atoms with Crippen molar-refractivity contribution in [1.29, 1.82) is 0 Å². The molecule has 0 saturated heterocycles. The molecular weight excluding hydrogens is 419 g/mol. The quantitative estimate of drug-likeness (QED) is 0.324. The van der Waals surface area contributed by atoms with Gasteiger partial charge in [-0.3, -0.25) is 4.79 Å². The maximum atomic E-state index is 11.9. The van der Waals surface area contributed by atoms with Crippen molar-refractivity contribution >= 4 is 35.8 Å². The van der Waals surface area contributed by atoms with Gasteiger partial charge in [-0.05, 0) is 43.4 Å². The molecule has 134 valence electrons. The first-order chi connectivity index (χ1) is 11.2. The molecule has 2 rings (SSSR count). The zero-order chi connectivity index (χ0) is 16.5. The molecule has 1 aliphatic carbocycles. The molecule has 6 nitrogen and oxygen atoms in total. The minimum Gasteiger partial charge on any atom is -0.497 e. The highest BCUT2D eigenvalue weighted by molar-refractivity contribution is 14.0. The number of rotatable bonds is 8. The zero-order valence-corrected chi connectivity index (χ0v) is 16.6. The van der Waals surface area contributed by atoms with E-state index in [-0.39, 0.29) is 36.4 Å². The summed E-state index contributed by atoms with van der Waals surface area (Å²) in [5.74, 6) is 2.19. The fourth-order valence-electron chi connectivity index (χ4n) is 2.06. The SMILES string of the molecule is CCNC(=NCC(=O)NCc1ccc(OC)cc1)NCC1CC1.I. The maximum Gasteiger partial charge on any atom is 0.242 e. The van der Waals surface area contributed by atoms with Crippen molar-refractivity contribution in [2.24, 2.45) is 10.9 Å². The Morgan fingerprint density at radius 2 is 1.92 bits per heavy atom. The minimum absolute atomic E-state index is 0. The number of carbonyl (C=O) groups is 1. The highest BCUT2D eigenvalue weighted by Crippen LogP contribution is 2.27. The summed E-state index contributed by atoms with van der Waals surface area (Å²) in [7, 11) is 1.63. The minimum atomic E-state index is -0.0931. The molecule has 1 aromatic rings. The first kappa shape index (κ1) is 20.5. The molecule has 0 spiro atoms. The van der Waals surface area contributed by atoms with Crippen LogP contribution in [0, 0.1) is 5.92 Å². The molecule has 0 heterocycles. The third kappa shape index (κ3) is 7.85. The largest absolute Gasteiger partial charge is 0.497 e. The van der Waals surface area contributed by atoms with Crippen LogP contribution in [0.4, 0.5) is 0 Å². The molecule has 0 atom stereocenters. The van der Waals surface area contributed by atoms with E-state index in [4.69, 9.17) is 4.74 Å². The summed E-state index contributed by atoms with van der Waals surface area (Å²) in [6, 6.07) is 7.63. The zero-order valence-electron chi connectivity index (χ0n) is 14.3. The maximum absolute atomic E-state index is 11.9. The average molecular weight is 446 g/mol. The number of nitrogens with zero attached hydrogens (tertiary/aromatic N) is 1. The van der Waals surface area contributed by atoms with Gasteiger partial charge < -0.3 is 20.7 Å². The fourth-order valence-corrected chi connectivity index (χ4v) is 2.06. The van der Waals surface area contributed by atoms with E-state index in [9.17, 15) is 4.79 Å². The lowest BCUT2D eigenvalue weighted by atomic mass is 10.2. The Labute approximate surface area is 160 Å². The predicted octanol–water partition coefficient (Wildman–Crippen LogP) is 1.89. The first-order valence-electron chi connectivity index (χ1n) is 8.13. The molecule has 7 heteroatoms. The fraction of sp³-hybridized carbons (Fsp3) is 0.529. The molecule has 1 aromatic carbocycles. The van der Waals surface area contributed by atoms with Gasteiger partial charge in [-0.15, -0.1) is 24.0 Å². The number of hydrogen-bond donors (Lipinski definition) is 3. The number of guanidine groups is 1. The van der Waals surface area contributed by atoms with Gasteiger partial charge in [0.1, 0.15) is 12.3 Å². The van der Waals surface area contributed by atoms with Crippen LogP contribution in [-0.4, -0.2) is 38.6 Å². The standard InChI is InChI=1S/C17H26N4O2.HI/c1-3-18-17(20-11-13-4-5-13)21-12-16(22)19-10-14-6-8-15(23-2)9-7-14;/h6-9,13H,3-5,10-12H2,1-2H3,(H,19,22)(H2,18,20,21);1H. The highest BCUT2D eigenvalue weighted by Gasteiger charge is 2.21. The van der Waals surface area contributed by atoms with Crippen LogP contribution in [0.25, 0.3) is 0 Å². The number of carbonyl (C=O) groups excluding carboxylic acids is 1. The summed E-state index contributed by atoms with van der Waals surface area (Å²) in [5.41, 5.74) is 1.03. The second kappa shape index (κ2) is 11.1. The van der Waals surface area contributed by atoms with Crippen LogP contribution in [0.2, 0.25) is 0 Å². The van der Waals surface area contributed by atoms with Crippen LogP contribution in [0.3, 0.4) is 0 Å². The van der Waals surface area contributed by atoms with Crippen LogP contribution in [0.15, 0.2) is 29.3 Å². The lowest BCUT2D eigenvalue weighted by Gasteiger charge is -2.10. The highest BCUT2D eigenvalue weighted by atomic mass is 127. The predicted molar refractivity (Wildman–Crippen MR) is 107 cm³/mol. The number of amides is 1. The molecular formula is C17H27IN4O2. The van der Waals surface area contributed by atoms with Gasteiger partial charge in [0.25, 0.3) is 0 Å². The topological polar surface area (TPSA) is 74.8 Å². The Bertz CT molecular complexity index is 530. The van der Waals surface area contributed by atoms with Gasteiger partial charge in [-0.2, -0.15) is 0 Å². The van der Waals surface area contributed by atoms with E-state index in [1.165, 1.54) is 12.8 Å². The van der Waals surface area contributed by atoms with Gasteiger partial charge in [-0.1, -0.05) is 12.1 Å². The van der Waals surface area contributed by atoms with Crippen molar-refractivity contribution in [2.75, 3.05) is 26.7 Å². The van der Waals surface area contributed by atoms with Gasteiger partial charge in [0.15, 0.2) is 5.96 Å². The summed E-state index contributed by atoms with van der Waals surface area (Å²) in [5, 5.41) is 9.29. The Morgan fingerprint density at radius 3 is 2.50 bits per heavy atom. The summed E-state index contributed by atoms with van der Waals surface area (Å²) in [6.45, 7) is 4.34. The summed E-state index contributed by atoms with van der Waals surface area (Å²) < 4.78 is 5.11. The second-order valence-corrected chi connectivity index (χ2v) is 5.64. The van der Waals surface area contributed by atoms with Crippen LogP contribution < -0.4 is 20.7 Å². The molecule has 1 fully saturated rings. The number of halogens is 1. The van der Waals surface area contributed by atoms with Crippen molar-refractivity contribution in [1.82, 2.24) is 16.0 Å². The number of methoxy groups -OCH3 is 1. The number of ether oxygens (including phenoxy) is 1. The van der Waals surface area contributed by atoms with Crippen molar-refractivity contribution < 1.29 is 9.53 Å². The van der Waals surface area contributed by atoms with Crippen molar-refractivity contribution in [3.05, 3.63) is 29.8 Å². The second-order valence-electron chi connectivity index (χ2n) is 5.64. The molecule has 0 bridgehead atoms. The molecule has 1 amide bonds. The molecule has 24 heavy (non-hydrogen) atoms. The molecule has 3 N–H and O–H groups in total. The molecule has 0 aromatic heterocycles. The molecule has 0 aliphatic heterocycles. The Morgan fingerprint density at radius 1 is 1.21 bits per heavy atom. The van der Waals surface area contributed by atoms with Gasteiger partial charge in [0.2, 0.25) is 5.91 Å². The summed E-state index contributed by atoms with van der Waals surface area (Å²) >= 11 is 0. The van der Waals surface area contributed by atoms with E-state index in [0.29, 0.717) is 12.5 Å². The van der Waals surface area contributed by atoms with E-state index in [1.807, 2.05) is 31.2 Å². The van der Waals surface area contributed by atoms with Crippen molar-refractivity contribution in [3.8, 4) is 5.75 Å². The molecule has 0 unspecified atom stereocenters. The van der Waals surface area contributed by atoms with Gasteiger partial charge in [-0.25, -0.2) is 4.99 Å². The lowest BCUT2D eigenvalue weighted by molar-refractivity contribution is -0.119. The van der Waals surface area contributed by atoms with Gasteiger partial charge >= 0.3 is 0 Å². The molecule has 1 aliphatic rings. The Balaban J connectivity index is 0.00000288. The van der Waals surface area contributed by atoms with Gasteiger partial charge in [0.05, 0.1) is 7.11 Å². The number of hydrogen-bond acceptors (Lipinski definition) is 3. The van der Waals surface area contributed by atoms with E-state index in [1.54, 1.807) is 7.11 Å². The van der Waals surface area contributed by atoms with Gasteiger partial charge in [0, 0.05) is 19.6 Å². The first-order valence-corrected chi connectivity index (χ1v) is 8.13. The third-order valence-corrected chi connectivity index (χ3v) is 3.63. The van der Waals surface area contributed by atoms with Crippen LogP contribution in [0.1, 0.15) is 25.3 Å². The van der Waals surface area contributed by atoms with E-state index >= 15 is 0 Å². The van der Waals surface area contributed by atoms with E-state index < -0.39 is 0 Å². The molecule has 1 saturated carbocycles. The van der Waals surface area contributed by atoms with E-state index in [2.05, 4.69) is 20.9 Å². The average Bonchev–Trinajstić information content (AvgIpc) is 3.40. The van der Waals surface area contributed by atoms with Crippen LogP contribution in [-0.2, 0) is 11.3 Å². The number of nitrogens with one attached hydrogen (secondary N) is 3. The van der Waals surface area contributed by atoms with Crippen molar-refractivity contribution in [3.63, 3.8) is 0 Å². The summed E-state index contributed by atoms with van der Waals surface area (Å²) in [6.07, 6.45) is 2.57. The third-order valence-electron chi connectivity index (χ3n) is 3.63. The summed E-state index contributed by atoms with van der Waals surface area (Å²) in [4.78, 5) is 16.2. The number of aliphatic imine (C=N–C) groups is 1. The lowest BCUT2D eigenvalue weighted by Crippen LogP contribution is -2.39.